The van der Waals surface area contributed by atoms with E-state index >= 15 is 0 Å². The molecule has 0 aromatic heterocycles. The molecule has 0 radical (unpaired) electrons. The fourth-order valence-corrected chi connectivity index (χ4v) is 2.40. The molecular formula is C14H18N2O2S2. The highest BCUT2D eigenvalue weighted by atomic mass is 32.2. The van der Waals surface area contributed by atoms with Crippen LogP contribution in [-0.2, 0) is 22.2 Å². The van der Waals surface area contributed by atoms with Crippen molar-refractivity contribution in [2.24, 2.45) is 0 Å². The Hall–Kier alpha value is -1.29. The van der Waals surface area contributed by atoms with Crippen molar-refractivity contribution in [3.8, 4) is 11.2 Å². The van der Waals surface area contributed by atoms with Crippen LogP contribution >= 0.6 is 11.8 Å². The summed E-state index contributed by atoms with van der Waals surface area (Å²) < 4.78 is 14.1. The maximum Gasteiger partial charge on any atom is 0.221 e. The van der Waals surface area contributed by atoms with E-state index in [9.17, 15) is 9.00 Å². The van der Waals surface area contributed by atoms with Gasteiger partial charge >= 0.3 is 0 Å². The van der Waals surface area contributed by atoms with Crippen LogP contribution < -0.4 is 10.0 Å². The highest BCUT2D eigenvalue weighted by Gasteiger charge is 2.05. The molecule has 1 rings (SSSR count). The maximum absolute atomic E-state index is 11.4. The summed E-state index contributed by atoms with van der Waals surface area (Å²) in [5.41, 5.74) is 2.54. The molecule has 0 heterocycles. The molecule has 2 N–H and O–H groups in total. The van der Waals surface area contributed by atoms with Crippen molar-refractivity contribution >= 4 is 34.3 Å². The first kappa shape index (κ1) is 16.8. The van der Waals surface area contributed by atoms with Crippen LogP contribution in [-0.4, -0.2) is 29.2 Å². The minimum Gasteiger partial charge on any atom is -0.325 e. The van der Waals surface area contributed by atoms with Gasteiger partial charge in [-0.25, -0.2) is 8.93 Å². The lowest BCUT2D eigenvalue weighted by Crippen LogP contribution is -2.15. The normalized spacial score (nSPS) is 11.3. The first-order valence-corrected chi connectivity index (χ1v) is 8.61. The summed E-state index contributed by atoms with van der Waals surface area (Å²) in [6.07, 6.45) is 2.59. The Kier molecular flexibility index (Phi) is 7.37. The number of amides is 1. The van der Waals surface area contributed by atoms with Crippen LogP contribution in [0.25, 0.3) is 0 Å². The molecule has 4 nitrogen and oxygen atoms in total. The van der Waals surface area contributed by atoms with Gasteiger partial charge in [-0.2, -0.15) is 0 Å². The van der Waals surface area contributed by atoms with Crippen LogP contribution in [0.4, 0.5) is 5.69 Å². The fraction of sp³-hybridized carbons (Fsp3) is 0.357. The molecule has 1 unspecified atom stereocenters. The van der Waals surface area contributed by atoms with E-state index < -0.39 is 11.0 Å². The van der Waals surface area contributed by atoms with Crippen LogP contribution in [0, 0.1) is 11.2 Å². The second-order valence-electron chi connectivity index (χ2n) is 4.00. The summed E-state index contributed by atoms with van der Waals surface area (Å²) >= 11 is 1.42. The van der Waals surface area contributed by atoms with Gasteiger partial charge in [0.2, 0.25) is 5.91 Å². The molecule has 1 atom stereocenters. The van der Waals surface area contributed by atoms with E-state index in [1.807, 2.05) is 24.5 Å². The molecule has 0 fully saturated rings. The number of hydrogen-bond acceptors (Lipinski definition) is 3. The summed E-state index contributed by atoms with van der Waals surface area (Å²) in [6.45, 7) is 1.47. The zero-order valence-electron chi connectivity index (χ0n) is 11.8. The average molecular weight is 310 g/mol. The molecule has 0 aliphatic heterocycles. The number of nitrogens with one attached hydrogen (secondary N) is 2. The second-order valence-corrected chi connectivity index (χ2v) is 6.12. The van der Waals surface area contributed by atoms with Crippen LogP contribution in [0.2, 0.25) is 0 Å². The molecule has 0 aliphatic rings. The number of thioether (sulfide) groups is 1. The quantitative estimate of drug-likeness (QED) is 0.815. The standard InChI is InChI=1S/C14H18N2O2S2/c1-11(17)16-14-5-4-12(7-9-20(18)15-2)10-13(14)6-8-19-3/h4-5,10,15H,7,9H2,1-3H3,(H,16,17). The topological polar surface area (TPSA) is 58.2 Å². The third-order valence-electron chi connectivity index (χ3n) is 2.49. The monoisotopic (exact) mass is 310 g/mol. The van der Waals surface area contributed by atoms with Gasteiger partial charge in [-0.1, -0.05) is 23.7 Å². The minimum atomic E-state index is -1.01. The predicted molar refractivity (Wildman–Crippen MR) is 86.9 cm³/mol. The van der Waals surface area contributed by atoms with E-state index in [4.69, 9.17) is 0 Å². The van der Waals surface area contributed by atoms with Crippen molar-refractivity contribution in [2.45, 2.75) is 13.3 Å². The molecule has 20 heavy (non-hydrogen) atoms. The summed E-state index contributed by atoms with van der Waals surface area (Å²) in [7, 11) is 0.658. The van der Waals surface area contributed by atoms with E-state index in [0.29, 0.717) is 17.9 Å². The Balaban J connectivity index is 2.94. The van der Waals surface area contributed by atoms with Gasteiger partial charge in [-0.05, 0) is 42.7 Å². The zero-order valence-corrected chi connectivity index (χ0v) is 13.4. The summed E-state index contributed by atoms with van der Waals surface area (Å²) in [4.78, 5) is 11.2. The molecule has 6 heteroatoms. The predicted octanol–water partition coefficient (Wildman–Crippen LogP) is 1.74. The molecule has 0 bridgehead atoms. The van der Waals surface area contributed by atoms with E-state index in [1.165, 1.54) is 18.7 Å². The van der Waals surface area contributed by atoms with Gasteiger partial charge in [-0.3, -0.25) is 4.79 Å². The molecule has 0 aliphatic carbocycles. The molecule has 0 saturated heterocycles. The summed E-state index contributed by atoms with van der Waals surface area (Å²) in [5, 5.41) is 5.69. The molecule has 108 valence electrons. The number of carbonyl (C=O) groups is 1. The van der Waals surface area contributed by atoms with Crippen LogP contribution in [0.1, 0.15) is 18.1 Å². The minimum absolute atomic E-state index is 0.124. The van der Waals surface area contributed by atoms with Gasteiger partial charge in [0.15, 0.2) is 0 Å². The molecule has 0 spiro atoms. The molecule has 0 saturated carbocycles. The number of rotatable bonds is 5. The van der Waals surface area contributed by atoms with E-state index in [0.717, 1.165) is 11.1 Å². The number of anilines is 1. The lowest BCUT2D eigenvalue weighted by Gasteiger charge is -2.08. The molecule has 1 aromatic carbocycles. The van der Waals surface area contributed by atoms with E-state index in [1.54, 1.807) is 7.05 Å². The Morgan fingerprint density at radius 2 is 2.20 bits per heavy atom. The number of benzene rings is 1. The van der Waals surface area contributed by atoms with Crippen LogP contribution in [0.5, 0.6) is 0 Å². The smallest absolute Gasteiger partial charge is 0.221 e. The Labute approximate surface area is 126 Å². The summed E-state index contributed by atoms with van der Waals surface area (Å²) in [5.74, 6) is 3.44. The largest absolute Gasteiger partial charge is 0.325 e. The van der Waals surface area contributed by atoms with Crippen molar-refractivity contribution < 1.29 is 9.00 Å². The van der Waals surface area contributed by atoms with Crippen LogP contribution in [0.3, 0.4) is 0 Å². The number of hydrogen-bond donors (Lipinski definition) is 2. The first-order valence-electron chi connectivity index (χ1n) is 6.07. The Bertz CT molecular complexity index is 562. The highest BCUT2D eigenvalue weighted by molar-refractivity contribution is 8.03. The van der Waals surface area contributed by atoms with Crippen molar-refractivity contribution in [3.05, 3.63) is 29.3 Å². The fourth-order valence-electron chi connectivity index (χ4n) is 1.57. The lowest BCUT2D eigenvalue weighted by molar-refractivity contribution is -0.114. The van der Waals surface area contributed by atoms with Gasteiger partial charge in [0.1, 0.15) is 0 Å². The van der Waals surface area contributed by atoms with Gasteiger partial charge in [-0.15, -0.1) is 0 Å². The Morgan fingerprint density at radius 1 is 1.45 bits per heavy atom. The maximum atomic E-state index is 11.4. The van der Waals surface area contributed by atoms with Crippen LogP contribution in [0.15, 0.2) is 18.2 Å². The molecule has 1 aromatic rings. The zero-order chi connectivity index (χ0) is 15.0. The van der Waals surface area contributed by atoms with Crippen molar-refractivity contribution in [1.82, 2.24) is 4.72 Å². The lowest BCUT2D eigenvalue weighted by atomic mass is 10.1. The van der Waals surface area contributed by atoms with Crippen molar-refractivity contribution in [3.63, 3.8) is 0 Å². The van der Waals surface area contributed by atoms with Crippen molar-refractivity contribution in [2.75, 3.05) is 24.4 Å². The van der Waals surface area contributed by atoms with Gasteiger partial charge < -0.3 is 5.32 Å². The third-order valence-corrected chi connectivity index (χ3v) is 3.82. The van der Waals surface area contributed by atoms with Gasteiger partial charge in [0, 0.05) is 18.2 Å². The average Bonchev–Trinajstić information content (AvgIpc) is 2.43. The Morgan fingerprint density at radius 3 is 2.80 bits per heavy atom. The summed E-state index contributed by atoms with van der Waals surface area (Å²) in [6, 6.07) is 5.69. The highest BCUT2D eigenvalue weighted by Crippen LogP contribution is 2.17. The third kappa shape index (κ3) is 5.78. The SMILES string of the molecule is CNS(=O)CCc1ccc(NC(C)=O)c(C#CSC)c1. The van der Waals surface area contributed by atoms with Crippen molar-refractivity contribution in [1.29, 1.82) is 0 Å². The number of aryl methyl sites for hydroxylation is 1. The molecule has 1 amide bonds. The van der Waals surface area contributed by atoms with E-state index in [2.05, 4.69) is 21.2 Å². The first-order chi connectivity index (χ1) is 9.56. The van der Waals surface area contributed by atoms with Gasteiger partial charge in [0.25, 0.3) is 0 Å². The van der Waals surface area contributed by atoms with E-state index in [-0.39, 0.29) is 5.91 Å². The second kappa shape index (κ2) is 8.80. The van der Waals surface area contributed by atoms with Gasteiger partial charge in [0.05, 0.1) is 16.7 Å². The molecular weight excluding hydrogens is 292 g/mol. The number of carbonyl (C=O) groups excluding carboxylic acids is 1.